The third-order valence-electron chi connectivity index (χ3n) is 5.09. The number of guanidine groups is 1. The number of nitrogens with one attached hydrogen (secondary N) is 2. The van der Waals surface area contributed by atoms with Crippen molar-refractivity contribution in [2.45, 2.75) is 25.4 Å². The molecule has 0 atom stereocenters. The summed E-state index contributed by atoms with van der Waals surface area (Å²) in [6, 6.07) is 13.0. The maximum Gasteiger partial charge on any atom is 0.191 e. The van der Waals surface area contributed by atoms with Crippen LogP contribution in [0, 0.1) is 0 Å². The number of benzene rings is 1. The van der Waals surface area contributed by atoms with Crippen LogP contribution in [0.25, 0.3) is 0 Å². The number of likely N-dealkylation sites (N-methyl/N-ethyl adjacent to an activating group) is 1. The molecule has 0 saturated carbocycles. The molecule has 0 aliphatic carbocycles. The van der Waals surface area contributed by atoms with Crippen LogP contribution < -0.4 is 20.3 Å². The lowest BCUT2D eigenvalue weighted by atomic mass is 10.1. The molecule has 2 heterocycles. The molecule has 0 unspecified atom stereocenters. The van der Waals surface area contributed by atoms with Crippen molar-refractivity contribution in [1.82, 2.24) is 15.5 Å². The van der Waals surface area contributed by atoms with Crippen LogP contribution >= 0.6 is 11.3 Å². The molecule has 2 aromatic rings. The van der Waals surface area contributed by atoms with Gasteiger partial charge in [-0.05, 0) is 50.5 Å². The third-order valence-corrected chi connectivity index (χ3v) is 6.02. The fourth-order valence-corrected chi connectivity index (χ4v) is 4.18. The molecule has 1 saturated heterocycles. The molecule has 0 bridgehead atoms. The highest BCUT2D eigenvalue weighted by Gasteiger charge is 2.20. The van der Waals surface area contributed by atoms with E-state index in [9.17, 15) is 0 Å². The van der Waals surface area contributed by atoms with Gasteiger partial charge in [0.25, 0.3) is 0 Å². The van der Waals surface area contributed by atoms with Gasteiger partial charge in [-0.15, -0.1) is 11.3 Å². The van der Waals surface area contributed by atoms with E-state index in [1.807, 2.05) is 36.6 Å². The normalized spacial score (nSPS) is 15.6. The van der Waals surface area contributed by atoms with E-state index >= 15 is 0 Å². The van der Waals surface area contributed by atoms with Gasteiger partial charge in [0.1, 0.15) is 12.4 Å². The zero-order valence-corrected chi connectivity index (χ0v) is 18.5. The molecule has 1 aliphatic heterocycles. The minimum Gasteiger partial charge on any atom is -0.492 e. The number of anilines is 1. The summed E-state index contributed by atoms with van der Waals surface area (Å²) in [4.78, 5) is 9.01. The Bertz CT molecular complexity index is 754. The Morgan fingerprint density at radius 3 is 2.69 bits per heavy atom. The van der Waals surface area contributed by atoms with Crippen molar-refractivity contribution in [3.63, 3.8) is 0 Å². The van der Waals surface area contributed by atoms with Gasteiger partial charge in [-0.1, -0.05) is 18.2 Å². The molecule has 1 fully saturated rings. The zero-order chi connectivity index (χ0) is 20.5. The van der Waals surface area contributed by atoms with E-state index in [0.29, 0.717) is 19.2 Å². The Hall–Kier alpha value is -2.25. The lowest BCUT2D eigenvalue weighted by Crippen LogP contribution is -2.48. The molecule has 0 radical (unpaired) electrons. The summed E-state index contributed by atoms with van der Waals surface area (Å²) in [5.74, 6) is 1.78. The number of hydrogen-bond acceptors (Lipinski definition) is 5. The van der Waals surface area contributed by atoms with Crippen LogP contribution in [-0.2, 0) is 6.54 Å². The first kappa shape index (κ1) is 21.5. The van der Waals surface area contributed by atoms with E-state index in [0.717, 1.165) is 49.7 Å². The van der Waals surface area contributed by atoms with Crippen molar-refractivity contribution in [1.29, 1.82) is 0 Å². The van der Waals surface area contributed by atoms with E-state index in [4.69, 9.17) is 4.74 Å². The first-order valence-corrected chi connectivity index (χ1v) is 11.1. The number of aliphatic imine (C=N–C) groups is 1. The van der Waals surface area contributed by atoms with E-state index in [1.54, 1.807) is 0 Å². The quantitative estimate of drug-likeness (QED) is 0.513. The van der Waals surface area contributed by atoms with Crippen LogP contribution in [-0.4, -0.2) is 64.3 Å². The number of nitrogens with zero attached hydrogens (tertiary/aromatic N) is 3. The van der Waals surface area contributed by atoms with E-state index < -0.39 is 0 Å². The Morgan fingerprint density at radius 2 is 2.00 bits per heavy atom. The second-order valence-corrected chi connectivity index (χ2v) is 8.47. The maximum absolute atomic E-state index is 5.96. The molecule has 6 nitrogen and oxygen atoms in total. The summed E-state index contributed by atoms with van der Waals surface area (Å²) < 4.78 is 5.96. The summed E-state index contributed by atoms with van der Waals surface area (Å²) in [5.41, 5.74) is 1.14. The fourth-order valence-electron chi connectivity index (χ4n) is 3.39. The number of hydrogen-bond donors (Lipinski definition) is 2. The van der Waals surface area contributed by atoms with Gasteiger partial charge in [0.05, 0.1) is 5.00 Å². The summed E-state index contributed by atoms with van der Waals surface area (Å²) in [7, 11) is 5.93. The van der Waals surface area contributed by atoms with Crippen LogP contribution in [0.1, 0.15) is 18.4 Å². The van der Waals surface area contributed by atoms with Gasteiger partial charge in [0.15, 0.2) is 5.96 Å². The highest BCUT2D eigenvalue weighted by atomic mass is 32.1. The van der Waals surface area contributed by atoms with Gasteiger partial charge >= 0.3 is 0 Å². The molecule has 1 aliphatic rings. The lowest BCUT2D eigenvalue weighted by molar-refractivity contribution is 0.259. The van der Waals surface area contributed by atoms with Gasteiger partial charge < -0.3 is 25.2 Å². The standard InChI is InChI=1S/C22H33N5OS/c1-23-22(25-19-10-12-27(13-11-19)21-9-6-16-29-21)24-17-18-7-4-5-8-20(18)28-15-14-26(2)3/h4-9,16,19H,10-15,17H2,1-3H3,(H2,23,24,25). The maximum atomic E-state index is 5.96. The predicted octanol–water partition coefficient (Wildman–Crippen LogP) is 3.02. The second-order valence-electron chi connectivity index (χ2n) is 7.54. The first-order valence-electron chi connectivity index (χ1n) is 10.3. The highest BCUT2D eigenvalue weighted by Crippen LogP contribution is 2.24. The first-order chi connectivity index (χ1) is 14.2. The molecule has 0 spiro atoms. The number of thiophene rings is 1. The molecule has 158 valence electrons. The van der Waals surface area contributed by atoms with Gasteiger partial charge in [0.2, 0.25) is 0 Å². The second kappa shape index (κ2) is 11.1. The summed E-state index contributed by atoms with van der Waals surface area (Å²) in [6.45, 7) is 4.43. The molecule has 1 aromatic heterocycles. The largest absolute Gasteiger partial charge is 0.492 e. The van der Waals surface area contributed by atoms with E-state index in [-0.39, 0.29) is 0 Å². The smallest absolute Gasteiger partial charge is 0.191 e. The molecule has 3 rings (SSSR count). The van der Waals surface area contributed by atoms with Crippen LogP contribution in [0.3, 0.4) is 0 Å². The summed E-state index contributed by atoms with van der Waals surface area (Å²) >= 11 is 1.82. The minimum absolute atomic E-state index is 0.448. The van der Waals surface area contributed by atoms with Gasteiger partial charge in [-0.25, -0.2) is 0 Å². The van der Waals surface area contributed by atoms with Crippen molar-refractivity contribution < 1.29 is 4.74 Å². The number of rotatable bonds is 8. The van der Waals surface area contributed by atoms with Crippen LogP contribution in [0.5, 0.6) is 5.75 Å². The topological polar surface area (TPSA) is 52.1 Å². The zero-order valence-electron chi connectivity index (χ0n) is 17.7. The van der Waals surface area contributed by atoms with Crippen LogP contribution in [0.2, 0.25) is 0 Å². The Kier molecular flexibility index (Phi) is 8.19. The number of para-hydroxylation sites is 1. The Balaban J connectivity index is 1.46. The predicted molar refractivity (Wildman–Crippen MR) is 123 cm³/mol. The van der Waals surface area contributed by atoms with Crippen molar-refractivity contribution in [2.75, 3.05) is 52.3 Å². The molecule has 2 N–H and O–H groups in total. The van der Waals surface area contributed by atoms with Crippen molar-refractivity contribution in [3.8, 4) is 5.75 Å². The summed E-state index contributed by atoms with van der Waals surface area (Å²) in [6.07, 6.45) is 2.23. The fraction of sp³-hybridized carbons (Fsp3) is 0.500. The molecular formula is C22H33N5OS. The third kappa shape index (κ3) is 6.65. The molecule has 0 amide bonds. The van der Waals surface area contributed by atoms with Gasteiger partial charge in [0, 0.05) is 44.8 Å². The average Bonchev–Trinajstić information content (AvgIpc) is 3.27. The number of ether oxygens (including phenoxy) is 1. The van der Waals surface area contributed by atoms with E-state index in [1.165, 1.54) is 5.00 Å². The molecule has 7 heteroatoms. The molecular weight excluding hydrogens is 382 g/mol. The SMILES string of the molecule is CN=C(NCc1ccccc1OCCN(C)C)NC1CCN(c2cccs2)CC1. The lowest BCUT2D eigenvalue weighted by Gasteiger charge is -2.33. The van der Waals surface area contributed by atoms with E-state index in [2.05, 4.69) is 63.1 Å². The monoisotopic (exact) mass is 415 g/mol. The number of piperidine rings is 1. The van der Waals surface area contributed by atoms with Crippen LogP contribution in [0.15, 0.2) is 46.8 Å². The van der Waals surface area contributed by atoms with Crippen LogP contribution in [0.4, 0.5) is 5.00 Å². The average molecular weight is 416 g/mol. The molecule has 29 heavy (non-hydrogen) atoms. The summed E-state index contributed by atoms with van der Waals surface area (Å²) in [5, 5.41) is 10.6. The van der Waals surface area contributed by atoms with Gasteiger partial charge in [-0.3, -0.25) is 4.99 Å². The van der Waals surface area contributed by atoms with Crippen molar-refractivity contribution in [2.24, 2.45) is 4.99 Å². The Labute approximate surface area is 178 Å². The Morgan fingerprint density at radius 1 is 1.21 bits per heavy atom. The highest BCUT2D eigenvalue weighted by molar-refractivity contribution is 7.14. The minimum atomic E-state index is 0.448. The van der Waals surface area contributed by atoms with Gasteiger partial charge in [-0.2, -0.15) is 0 Å². The molecule has 1 aromatic carbocycles. The van der Waals surface area contributed by atoms with Crippen molar-refractivity contribution >= 4 is 22.3 Å². The van der Waals surface area contributed by atoms with Crippen molar-refractivity contribution in [3.05, 3.63) is 47.3 Å².